The molecular weight excluding hydrogens is 1110 g/mol. The average molecular weight is 1150 g/mol. The lowest BCUT2D eigenvalue weighted by Gasteiger charge is -2.25. The van der Waals surface area contributed by atoms with E-state index in [9.17, 15) is 66.1 Å². The van der Waals surface area contributed by atoms with Crippen LogP contribution >= 0.6 is 19.4 Å². The molecule has 1 fully saturated rings. The zero-order valence-electron chi connectivity index (χ0n) is 39.6. The molecule has 1 unspecified atom stereocenters. The minimum absolute atomic E-state index is 0.0167. The standard InChI is InChI=1S/C43H44ClF10N8O10PS2/c1-40(2,74(4,68)69)11-10-24-6-7-25(26-8-9-29(44)33-35(26)61(20-41(47,48)49)58-38(33)62(75(5,70)71)39(64)59(3)12-13-72-73(65,66)67)34(55-24)30(16-21-14-22(45)17-23(46)15-21)56-31(63)19-60-37-32(36(57-60)43(52,53)54)27-18-28(27)42(37,50)51/h6-9,14-15,17,27-28,30H,10-13,16,18-20H2,1-5H3,(H,56,63)(H2,65,66,67)/t27-,28?,30-/m0/s1. The fraction of sp³-hybridized carbons (Fsp3) is 0.465. The van der Waals surface area contributed by atoms with Gasteiger partial charge in [0.05, 0.1) is 45.3 Å². The minimum atomic E-state index is -5.23. The van der Waals surface area contributed by atoms with Crippen LogP contribution in [0.1, 0.15) is 72.6 Å². The van der Waals surface area contributed by atoms with E-state index in [1.165, 1.54) is 26.0 Å². The van der Waals surface area contributed by atoms with E-state index in [0.717, 1.165) is 37.6 Å². The lowest BCUT2D eigenvalue weighted by atomic mass is 9.93. The number of carbonyl (C=O) groups excluding carboxylic acids is 2. The number of carbonyl (C=O) groups is 2. The SMILES string of the molecule is CN(CCOP(=O)(O)O)C(=O)N(c1nn(CC(F)(F)F)c2c(-c3ccc(CCC(C)(C)S(C)(=O)=O)nc3[C@H](Cc3cc(F)cc(F)c3)NC(=O)Cn3nc(C(F)(F)F)c4c3C(F)(F)C3C[C@H]43)ccc(Cl)c12)S(C)(=O)=O. The van der Waals surface area contributed by atoms with Gasteiger partial charge in [-0.2, -0.15) is 49.6 Å². The quantitative estimate of drug-likeness (QED) is 0.0562. The van der Waals surface area contributed by atoms with Gasteiger partial charge in [-0.3, -0.25) is 23.7 Å². The first-order chi connectivity index (χ1) is 34.3. The smallest absolute Gasteiger partial charge is 0.346 e. The molecule has 18 nitrogen and oxygen atoms in total. The van der Waals surface area contributed by atoms with Crippen molar-refractivity contribution in [2.24, 2.45) is 5.92 Å². The first-order valence-corrected chi connectivity index (χ1v) is 27.7. The molecule has 2 aromatic carbocycles. The molecule has 5 aromatic rings. The molecule has 3 N–H and O–H groups in total. The van der Waals surface area contributed by atoms with Crippen LogP contribution in [0.5, 0.6) is 0 Å². The maximum atomic E-state index is 15.6. The number of alkyl halides is 8. The third-order valence-electron chi connectivity index (χ3n) is 12.6. The number of sulfonamides is 1. The van der Waals surface area contributed by atoms with Crippen LogP contribution in [0.25, 0.3) is 22.0 Å². The van der Waals surface area contributed by atoms with Gasteiger partial charge in [-0.05, 0) is 75.3 Å². The van der Waals surface area contributed by atoms with Crippen LogP contribution in [0.15, 0.2) is 42.5 Å². The molecule has 3 amide bonds. The summed E-state index contributed by atoms with van der Waals surface area (Å²) in [6, 6.07) is 3.39. The Kier molecular flexibility index (Phi) is 15.2. The van der Waals surface area contributed by atoms with E-state index in [1.54, 1.807) is 0 Å². The van der Waals surface area contributed by atoms with Crippen LogP contribution in [0.4, 0.5) is 54.5 Å². The largest absolute Gasteiger partial charge is 0.469 e. The Morgan fingerprint density at radius 1 is 0.973 bits per heavy atom. The van der Waals surface area contributed by atoms with Crippen LogP contribution < -0.4 is 9.62 Å². The number of anilines is 1. The summed E-state index contributed by atoms with van der Waals surface area (Å²) in [6.07, 6.45) is -10.3. The third kappa shape index (κ3) is 12.3. The number of nitrogens with one attached hydrogen (secondary N) is 1. The number of benzene rings is 2. The van der Waals surface area contributed by atoms with Crippen molar-refractivity contribution < 1.29 is 89.2 Å². The summed E-state index contributed by atoms with van der Waals surface area (Å²) in [7, 11) is -12.9. The van der Waals surface area contributed by atoms with Crippen LogP contribution in [0, 0.1) is 17.6 Å². The Morgan fingerprint density at radius 2 is 1.60 bits per heavy atom. The predicted molar refractivity (Wildman–Crippen MR) is 248 cm³/mol. The molecule has 32 heteroatoms. The van der Waals surface area contributed by atoms with Crippen LogP contribution in [0.3, 0.4) is 0 Å². The molecule has 0 radical (unpaired) electrons. The van der Waals surface area contributed by atoms with Crippen LogP contribution in [-0.2, 0) is 71.8 Å². The van der Waals surface area contributed by atoms with Crippen molar-refractivity contribution in [1.29, 1.82) is 0 Å². The van der Waals surface area contributed by atoms with Gasteiger partial charge in [0, 0.05) is 54.2 Å². The molecule has 3 heterocycles. The summed E-state index contributed by atoms with van der Waals surface area (Å²) < 4.78 is 214. The molecule has 1 saturated carbocycles. The zero-order valence-corrected chi connectivity index (χ0v) is 42.9. The number of sulfone groups is 1. The summed E-state index contributed by atoms with van der Waals surface area (Å²) in [5.41, 5.74) is -5.59. The number of likely N-dealkylation sites (N-methyl/N-ethyl adjacent to an activating group) is 1. The number of rotatable bonds is 18. The van der Waals surface area contributed by atoms with Crippen molar-refractivity contribution in [1.82, 2.24) is 34.8 Å². The van der Waals surface area contributed by atoms with E-state index in [0.29, 0.717) is 17.2 Å². The number of nitrogens with zero attached hydrogens (tertiary/aromatic N) is 7. The van der Waals surface area contributed by atoms with Gasteiger partial charge in [0.15, 0.2) is 21.3 Å². The second-order valence-electron chi connectivity index (χ2n) is 18.7. The highest BCUT2D eigenvalue weighted by Crippen LogP contribution is 2.68. The summed E-state index contributed by atoms with van der Waals surface area (Å²) in [5, 5.41) is 8.55. The van der Waals surface area contributed by atoms with Crippen molar-refractivity contribution in [2.45, 2.75) is 87.6 Å². The highest BCUT2D eigenvalue weighted by molar-refractivity contribution is 7.93. The van der Waals surface area contributed by atoms with E-state index < -0.39 is 169 Å². The summed E-state index contributed by atoms with van der Waals surface area (Å²) >= 11 is 6.64. The number of phosphoric acid groups is 1. The van der Waals surface area contributed by atoms with Gasteiger partial charge in [0.1, 0.15) is 30.4 Å². The predicted octanol–water partition coefficient (Wildman–Crippen LogP) is 7.80. The van der Waals surface area contributed by atoms with E-state index in [2.05, 4.69) is 25.0 Å². The monoisotopic (exact) mass is 1150 g/mol. The topological polar surface area (TPSA) is 236 Å². The molecule has 2 aliphatic carbocycles. The summed E-state index contributed by atoms with van der Waals surface area (Å²) in [4.78, 5) is 51.6. The number of urea groups is 1. The van der Waals surface area contributed by atoms with Crippen molar-refractivity contribution in [3.8, 4) is 11.1 Å². The maximum absolute atomic E-state index is 15.6. The number of phosphoric ester groups is 1. The molecular formula is C43H44ClF10N8O10PS2. The lowest BCUT2D eigenvalue weighted by molar-refractivity contribution is -0.143. The Hall–Kier alpha value is -5.39. The first-order valence-electron chi connectivity index (χ1n) is 22.0. The Balaban J connectivity index is 1.45. The van der Waals surface area contributed by atoms with E-state index >= 15 is 8.78 Å². The normalized spacial score (nSPS) is 17.2. The molecule has 0 aliphatic heterocycles. The molecule has 0 spiro atoms. The second kappa shape index (κ2) is 19.9. The molecule has 410 valence electrons. The Bertz CT molecular complexity index is 3370. The number of hydrogen-bond donors (Lipinski definition) is 3. The number of pyridine rings is 1. The number of aryl methyl sites for hydroxylation is 1. The van der Waals surface area contributed by atoms with Crippen molar-refractivity contribution >= 4 is 67.9 Å². The second-order valence-corrected chi connectivity index (χ2v) is 24.8. The molecule has 0 saturated heterocycles. The van der Waals surface area contributed by atoms with Crippen molar-refractivity contribution in [2.75, 3.05) is 37.0 Å². The number of fused-ring (bicyclic) bond motifs is 4. The van der Waals surface area contributed by atoms with Crippen molar-refractivity contribution in [3.05, 3.63) is 93.0 Å². The van der Waals surface area contributed by atoms with E-state index in [4.69, 9.17) is 21.4 Å². The zero-order chi connectivity index (χ0) is 55.9. The van der Waals surface area contributed by atoms with Gasteiger partial charge < -0.3 is 20.0 Å². The summed E-state index contributed by atoms with van der Waals surface area (Å²) in [5.74, 6) is -11.2. The highest BCUT2D eigenvalue weighted by Gasteiger charge is 2.68. The maximum Gasteiger partial charge on any atom is 0.469 e. The van der Waals surface area contributed by atoms with Gasteiger partial charge in [0.2, 0.25) is 15.9 Å². The van der Waals surface area contributed by atoms with Crippen LogP contribution in [-0.4, -0.2) is 112 Å². The van der Waals surface area contributed by atoms with Gasteiger partial charge in [-0.15, -0.1) is 0 Å². The lowest BCUT2D eigenvalue weighted by Crippen LogP contribution is -2.45. The fourth-order valence-corrected chi connectivity index (χ4v) is 10.7. The van der Waals surface area contributed by atoms with Crippen LogP contribution in [0.2, 0.25) is 5.02 Å². The van der Waals surface area contributed by atoms with Gasteiger partial charge in [-0.1, -0.05) is 23.7 Å². The molecule has 3 atom stereocenters. The summed E-state index contributed by atoms with van der Waals surface area (Å²) in [6.45, 7) is -2.14. The van der Waals surface area contributed by atoms with Gasteiger partial charge in [-0.25, -0.2) is 35.0 Å². The fourth-order valence-electron chi connectivity index (χ4n) is 8.76. The molecule has 2 aliphatic rings. The number of amides is 3. The highest BCUT2D eigenvalue weighted by atomic mass is 35.5. The molecule has 75 heavy (non-hydrogen) atoms. The molecule has 3 aromatic heterocycles. The third-order valence-corrected chi connectivity index (χ3v) is 16.7. The number of aromatic nitrogens is 5. The number of hydrogen-bond acceptors (Lipinski definition) is 11. The van der Waals surface area contributed by atoms with E-state index in [1.807, 2.05) is 0 Å². The molecule has 0 bridgehead atoms. The van der Waals surface area contributed by atoms with E-state index in [-0.39, 0.29) is 55.3 Å². The van der Waals surface area contributed by atoms with Crippen molar-refractivity contribution in [3.63, 3.8) is 0 Å². The number of halogens is 11. The molecule has 7 rings (SSSR count). The first kappa shape index (κ1) is 57.3. The van der Waals surface area contributed by atoms with Gasteiger partial charge >= 0.3 is 26.2 Å². The van der Waals surface area contributed by atoms with Gasteiger partial charge in [0.25, 0.3) is 5.92 Å². The Labute approximate surface area is 425 Å². The Morgan fingerprint density at radius 3 is 2.17 bits per heavy atom. The minimum Gasteiger partial charge on any atom is -0.346 e. The average Bonchev–Trinajstić information content (AvgIpc) is 3.76.